The molecule has 0 aromatic rings. The molecule has 1 aliphatic rings. The third kappa shape index (κ3) is 4.91. The number of carboxylic acids is 1. The molecule has 0 aliphatic carbocycles. The molecule has 7 N–H and O–H groups in total. The van der Waals surface area contributed by atoms with E-state index < -0.39 is 24.5 Å². The van der Waals surface area contributed by atoms with Gasteiger partial charge in [-0.05, 0) is 12.7 Å². The van der Waals surface area contributed by atoms with Crippen LogP contribution >= 0.6 is 0 Å². The second kappa shape index (κ2) is 7.76. The maximum Gasteiger partial charge on any atom is 0.451 e. The Bertz CT molecular complexity index is 473. The Morgan fingerprint density at radius 1 is 1.48 bits per heavy atom. The molecular weight excluding hydrogens is 303 g/mol. The summed E-state index contributed by atoms with van der Waals surface area (Å²) in [4.78, 5) is 24.6. The lowest BCUT2D eigenvalue weighted by atomic mass is 9.78. The van der Waals surface area contributed by atoms with E-state index in [-0.39, 0.29) is 37.2 Å². The third-order valence-corrected chi connectivity index (χ3v) is 4.12. The monoisotopic (exact) mass is 328 g/mol. The first kappa shape index (κ1) is 19.4. The quantitative estimate of drug-likeness (QED) is 0.200. The fourth-order valence-electron chi connectivity index (χ4n) is 2.59. The highest BCUT2D eigenvalue weighted by molar-refractivity contribution is 6.40. The number of amides is 1. The number of hydrogen-bond acceptors (Lipinski definition) is 6. The Morgan fingerprint density at radius 2 is 2.09 bits per heavy atom. The van der Waals surface area contributed by atoms with Gasteiger partial charge in [0.25, 0.3) is 0 Å². The van der Waals surface area contributed by atoms with Crippen molar-refractivity contribution in [2.24, 2.45) is 17.6 Å². The summed E-state index contributed by atoms with van der Waals surface area (Å²) < 4.78 is 0. The van der Waals surface area contributed by atoms with Crippen molar-refractivity contribution >= 4 is 25.0 Å². The van der Waals surface area contributed by atoms with Gasteiger partial charge in [0, 0.05) is 24.9 Å². The molecule has 9 nitrogen and oxygen atoms in total. The van der Waals surface area contributed by atoms with E-state index in [1.807, 2.05) is 0 Å². The van der Waals surface area contributed by atoms with E-state index in [0.717, 1.165) is 0 Å². The lowest BCUT2D eigenvalue weighted by Crippen LogP contribution is -2.55. The van der Waals surface area contributed by atoms with Gasteiger partial charge in [-0.25, -0.2) is 0 Å². The van der Waals surface area contributed by atoms with Crippen LogP contribution in [0.1, 0.15) is 26.7 Å². The third-order valence-electron chi connectivity index (χ3n) is 4.12. The average Bonchev–Trinajstić information content (AvgIpc) is 2.77. The van der Waals surface area contributed by atoms with Crippen molar-refractivity contribution in [2.45, 2.75) is 38.5 Å². The molecule has 0 spiro atoms. The van der Waals surface area contributed by atoms with Crippen LogP contribution in [0.5, 0.6) is 0 Å². The highest BCUT2D eigenvalue weighted by atomic mass is 16.4. The molecule has 0 aromatic carbocycles. The minimum absolute atomic E-state index is 0.0775. The Labute approximate surface area is 135 Å². The van der Waals surface area contributed by atoms with Crippen LogP contribution in [0.2, 0.25) is 6.32 Å². The van der Waals surface area contributed by atoms with Crippen molar-refractivity contribution < 1.29 is 24.7 Å². The van der Waals surface area contributed by atoms with Crippen LogP contribution in [0.25, 0.3) is 0 Å². The summed E-state index contributed by atoms with van der Waals surface area (Å²) in [5.41, 5.74) is 4.47. The van der Waals surface area contributed by atoms with Crippen molar-refractivity contribution in [3.05, 3.63) is 0 Å². The molecule has 0 aromatic heterocycles. The van der Waals surface area contributed by atoms with Crippen molar-refractivity contribution in [3.8, 4) is 0 Å². The van der Waals surface area contributed by atoms with E-state index in [1.165, 1.54) is 4.90 Å². The summed E-state index contributed by atoms with van der Waals surface area (Å²) >= 11 is 0. The maximum absolute atomic E-state index is 11.7. The Hall–Kier alpha value is -1.65. The van der Waals surface area contributed by atoms with Crippen LogP contribution in [0.4, 0.5) is 0 Å². The number of carboxylic acid groups (broad SMARTS) is 1. The topological polar surface area (TPSA) is 160 Å². The SMILES string of the molecule is CC(C)C(=O)NC(=N)N1CC(CCCB(O)O)C(N)(C(=O)O)C1. The number of guanidine groups is 1. The fourth-order valence-corrected chi connectivity index (χ4v) is 2.59. The predicted molar refractivity (Wildman–Crippen MR) is 84.6 cm³/mol. The molecule has 0 radical (unpaired) electrons. The van der Waals surface area contributed by atoms with Gasteiger partial charge in [-0.3, -0.25) is 20.3 Å². The van der Waals surface area contributed by atoms with Gasteiger partial charge in [0.1, 0.15) is 5.54 Å². The molecule has 0 saturated carbocycles. The van der Waals surface area contributed by atoms with Gasteiger partial charge < -0.3 is 25.8 Å². The number of carbonyl (C=O) groups is 2. The number of nitrogens with zero attached hydrogens (tertiary/aromatic N) is 1. The molecular formula is C13H25BN4O5. The second-order valence-electron chi connectivity index (χ2n) is 6.33. The standard InChI is InChI=1S/C13H25BN4O5/c1-8(2)10(19)17-12(15)18-6-9(4-3-5-14(22)23)13(16,7-18)11(20)21/h8-9,22-23H,3-7,16H2,1-2H3,(H,20,21)(H2,15,17,19). The number of aliphatic carboxylic acids is 1. The van der Waals surface area contributed by atoms with Gasteiger partial charge in [-0.2, -0.15) is 0 Å². The van der Waals surface area contributed by atoms with Crippen LogP contribution in [0, 0.1) is 17.2 Å². The molecule has 1 rings (SSSR count). The largest absolute Gasteiger partial charge is 0.480 e. The van der Waals surface area contributed by atoms with Crippen molar-refractivity contribution in [3.63, 3.8) is 0 Å². The summed E-state index contributed by atoms with van der Waals surface area (Å²) in [7, 11) is -1.44. The Balaban J connectivity index is 2.74. The van der Waals surface area contributed by atoms with E-state index in [2.05, 4.69) is 5.32 Å². The van der Waals surface area contributed by atoms with Gasteiger partial charge in [-0.1, -0.05) is 20.3 Å². The predicted octanol–water partition coefficient (Wildman–Crippen LogP) is -1.34. The Kier molecular flexibility index (Phi) is 6.54. The normalized spacial score (nSPS) is 23.9. The van der Waals surface area contributed by atoms with Gasteiger partial charge in [0.2, 0.25) is 5.91 Å². The van der Waals surface area contributed by atoms with E-state index >= 15 is 0 Å². The van der Waals surface area contributed by atoms with E-state index in [0.29, 0.717) is 12.8 Å². The molecule has 1 heterocycles. The molecule has 2 atom stereocenters. The molecule has 0 bridgehead atoms. The molecule has 130 valence electrons. The average molecular weight is 328 g/mol. The molecule has 1 amide bonds. The van der Waals surface area contributed by atoms with Crippen molar-refractivity contribution in [2.75, 3.05) is 13.1 Å². The van der Waals surface area contributed by atoms with Crippen LogP contribution in [0.3, 0.4) is 0 Å². The zero-order valence-electron chi connectivity index (χ0n) is 13.5. The second-order valence-corrected chi connectivity index (χ2v) is 6.33. The maximum atomic E-state index is 11.7. The zero-order valence-corrected chi connectivity index (χ0v) is 13.5. The highest BCUT2D eigenvalue weighted by Gasteiger charge is 2.50. The fraction of sp³-hybridized carbons (Fsp3) is 0.769. The Morgan fingerprint density at radius 3 is 2.57 bits per heavy atom. The number of nitrogens with two attached hydrogens (primary N) is 1. The van der Waals surface area contributed by atoms with Crippen molar-refractivity contribution in [1.29, 1.82) is 5.41 Å². The number of carbonyl (C=O) groups excluding carboxylic acids is 1. The van der Waals surface area contributed by atoms with Gasteiger partial charge in [0.05, 0.1) is 0 Å². The first-order chi connectivity index (χ1) is 10.6. The molecule has 1 fully saturated rings. The smallest absolute Gasteiger partial charge is 0.451 e. The highest BCUT2D eigenvalue weighted by Crippen LogP contribution is 2.30. The van der Waals surface area contributed by atoms with Crippen molar-refractivity contribution in [1.82, 2.24) is 10.2 Å². The van der Waals surface area contributed by atoms with E-state index in [4.69, 9.17) is 21.2 Å². The lowest BCUT2D eigenvalue weighted by Gasteiger charge is -2.25. The van der Waals surface area contributed by atoms with Gasteiger partial charge in [-0.15, -0.1) is 0 Å². The van der Waals surface area contributed by atoms with Crippen LogP contribution < -0.4 is 11.1 Å². The van der Waals surface area contributed by atoms with E-state index in [1.54, 1.807) is 13.8 Å². The summed E-state index contributed by atoms with van der Waals surface area (Å²) in [5.74, 6) is -2.39. The number of hydrogen-bond donors (Lipinski definition) is 6. The summed E-state index contributed by atoms with van der Waals surface area (Å²) in [5, 5.41) is 37.5. The van der Waals surface area contributed by atoms with Gasteiger partial charge in [0.15, 0.2) is 5.96 Å². The van der Waals surface area contributed by atoms with E-state index in [9.17, 15) is 14.7 Å². The van der Waals surface area contributed by atoms with Crippen LogP contribution in [-0.4, -0.2) is 63.6 Å². The first-order valence-electron chi connectivity index (χ1n) is 7.60. The summed E-state index contributed by atoms with van der Waals surface area (Å²) in [6, 6.07) is 0. The summed E-state index contributed by atoms with van der Waals surface area (Å²) in [6.07, 6.45) is 0.935. The molecule has 2 unspecified atom stereocenters. The molecule has 23 heavy (non-hydrogen) atoms. The molecule has 1 aliphatic heterocycles. The van der Waals surface area contributed by atoms with Crippen LogP contribution in [-0.2, 0) is 9.59 Å². The number of nitrogens with one attached hydrogen (secondary N) is 2. The lowest BCUT2D eigenvalue weighted by molar-refractivity contribution is -0.144. The first-order valence-corrected chi connectivity index (χ1v) is 7.60. The molecule has 10 heteroatoms. The minimum atomic E-state index is -1.53. The number of rotatable bonds is 6. The summed E-state index contributed by atoms with van der Waals surface area (Å²) in [6.45, 7) is 3.54. The zero-order chi connectivity index (χ0) is 17.8. The number of likely N-dealkylation sites (tertiary alicyclic amines) is 1. The van der Waals surface area contributed by atoms with Crippen LogP contribution in [0.15, 0.2) is 0 Å². The minimum Gasteiger partial charge on any atom is -0.480 e. The molecule has 1 saturated heterocycles. The van der Waals surface area contributed by atoms with Gasteiger partial charge >= 0.3 is 13.1 Å².